The van der Waals surface area contributed by atoms with E-state index in [4.69, 9.17) is 9.15 Å². The molecule has 0 saturated heterocycles. The molecule has 3 aromatic rings. The van der Waals surface area contributed by atoms with E-state index in [9.17, 15) is 18.4 Å². The summed E-state index contributed by atoms with van der Waals surface area (Å²) in [5.74, 6) is -3.32. The molecule has 0 saturated carbocycles. The smallest absolute Gasteiger partial charge is 0.311 e. The Balaban J connectivity index is 1.66. The maximum absolute atomic E-state index is 13.6. The standard InChI is InChI=1S/C21H19F2NO4/c1-11-7-8-15-14(10-27-20(15)12(11)2)9-18(25)28-13(3)21(26)24-19-16(22)5-4-6-17(19)23/h4-8,10,13H,9H2,1-3H3,(H,24,26)/t13-/m0/s1. The second kappa shape index (κ2) is 7.80. The van der Waals surface area contributed by atoms with Crippen LogP contribution in [0.1, 0.15) is 23.6 Å². The number of benzene rings is 2. The lowest BCUT2D eigenvalue weighted by molar-refractivity contribution is -0.152. The van der Waals surface area contributed by atoms with E-state index in [-0.39, 0.29) is 6.42 Å². The van der Waals surface area contributed by atoms with Gasteiger partial charge in [0.1, 0.15) is 22.9 Å². The molecule has 1 amide bonds. The first-order valence-corrected chi connectivity index (χ1v) is 8.68. The molecule has 0 radical (unpaired) electrons. The zero-order valence-electron chi connectivity index (χ0n) is 15.6. The van der Waals surface area contributed by atoms with Crippen LogP contribution in [0.25, 0.3) is 11.0 Å². The quantitative estimate of drug-likeness (QED) is 0.657. The van der Waals surface area contributed by atoms with E-state index >= 15 is 0 Å². The number of hydrogen-bond acceptors (Lipinski definition) is 4. The van der Waals surface area contributed by atoms with Gasteiger partial charge < -0.3 is 14.5 Å². The molecule has 7 heteroatoms. The number of para-hydroxylation sites is 1. The number of ether oxygens (including phenoxy) is 1. The Bertz CT molecular complexity index is 1040. The Hall–Kier alpha value is -3.22. The molecular weight excluding hydrogens is 368 g/mol. The number of amides is 1. The molecule has 1 aromatic heterocycles. The second-order valence-electron chi connectivity index (χ2n) is 6.54. The Morgan fingerprint density at radius 3 is 2.50 bits per heavy atom. The van der Waals surface area contributed by atoms with Crippen LogP contribution in [0.3, 0.4) is 0 Å². The van der Waals surface area contributed by atoms with E-state index in [1.165, 1.54) is 19.3 Å². The molecule has 1 heterocycles. The summed E-state index contributed by atoms with van der Waals surface area (Å²) in [5, 5.41) is 2.90. The SMILES string of the molecule is Cc1ccc2c(CC(=O)O[C@@H](C)C(=O)Nc3c(F)cccc3F)coc2c1C. The molecule has 146 valence electrons. The van der Waals surface area contributed by atoms with Crippen LogP contribution in [0.4, 0.5) is 14.5 Å². The Morgan fingerprint density at radius 1 is 1.14 bits per heavy atom. The molecule has 5 nitrogen and oxygen atoms in total. The lowest BCUT2D eigenvalue weighted by Gasteiger charge is -2.14. The zero-order chi connectivity index (χ0) is 20.4. The van der Waals surface area contributed by atoms with Crippen molar-refractivity contribution in [2.75, 3.05) is 5.32 Å². The van der Waals surface area contributed by atoms with E-state index < -0.39 is 35.3 Å². The maximum atomic E-state index is 13.6. The molecule has 28 heavy (non-hydrogen) atoms. The van der Waals surface area contributed by atoms with Crippen molar-refractivity contribution in [1.82, 2.24) is 0 Å². The summed E-state index contributed by atoms with van der Waals surface area (Å²) in [5.41, 5.74) is 2.81. The Morgan fingerprint density at radius 2 is 1.82 bits per heavy atom. The molecule has 0 fully saturated rings. The highest BCUT2D eigenvalue weighted by Crippen LogP contribution is 2.27. The van der Waals surface area contributed by atoms with Gasteiger partial charge in [0, 0.05) is 10.9 Å². The van der Waals surface area contributed by atoms with Gasteiger partial charge in [-0.05, 0) is 44.0 Å². The van der Waals surface area contributed by atoms with Gasteiger partial charge in [0.05, 0.1) is 12.7 Å². The maximum Gasteiger partial charge on any atom is 0.311 e. The third kappa shape index (κ3) is 3.88. The van der Waals surface area contributed by atoms with Gasteiger partial charge in [-0.25, -0.2) is 8.78 Å². The number of furan rings is 1. The first kappa shape index (κ1) is 19.5. The van der Waals surface area contributed by atoms with Gasteiger partial charge in [-0.15, -0.1) is 0 Å². The molecule has 2 aromatic carbocycles. The lowest BCUT2D eigenvalue weighted by Crippen LogP contribution is -2.31. The highest BCUT2D eigenvalue weighted by molar-refractivity contribution is 5.95. The lowest BCUT2D eigenvalue weighted by atomic mass is 10.0. The fourth-order valence-corrected chi connectivity index (χ4v) is 2.82. The van der Waals surface area contributed by atoms with E-state index in [2.05, 4.69) is 5.32 Å². The summed E-state index contributed by atoms with van der Waals surface area (Å²) < 4.78 is 37.9. The van der Waals surface area contributed by atoms with Gasteiger partial charge in [0.25, 0.3) is 5.91 Å². The molecule has 0 spiro atoms. The molecule has 0 bridgehead atoms. The highest BCUT2D eigenvalue weighted by Gasteiger charge is 2.22. The van der Waals surface area contributed by atoms with Crippen molar-refractivity contribution in [2.24, 2.45) is 0 Å². The molecule has 3 rings (SSSR count). The van der Waals surface area contributed by atoms with Crippen molar-refractivity contribution in [2.45, 2.75) is 33.3 Å². The molecule has 1 N–H and O–H groups in total. The third-order valence-corrected chi connectivity index (χ3v) is 4.56. The number of esters is 1. The second-order valence-corrected chi connectivity index (χ2v) is 6.54. The number of nitrogens with one attached hydrogen (secondary N) is 1. The number of hydrogen-bond donors (Lipinski definition) is 1. The van der Waals surface area contributed by atoms with Crippen LogP contribution in [0.5, 0.6) is 0 Å². The Kier molecular flexibility index (Phi) is 5.44. The van der Waals surface area contributed by atoms with Crippen LogP contribution in [0.2, 0.25) is 0 Å². The molecule has 0 aliphatic heterocycles. The number of anilines is 1. The third-order valence-electron chi connectivity index (χ3n) is 4.56. The molecular formula is C21H19F2NO4. The van der Waals surface area contributed by atoms with Crippen LogP contribution in [-0.2, 0) is 20.7 Å². The summed E-state index contributed by atoms with van der Waals surface area (Å²) in [6.45, 7) is 5.22. The highest BCUT2D eigenvalue weighted by atomic mass is 19.1. The van der Waals surface area contributed by atoms with Gasteiger partial charge in [-0.1, -0.05) is 18.2 Å². The first-order chi connectivity index (χ1) is 13.3. The minimum absolute atomic E-state index is 0.0961. The fourth-order valence-electron chi connectivity index (χ4n) is 2.82. The predicted molar refractivity (Wildman–Crippen MR) is 99.9 cm³/mol. The molecule has 1 atom stereocenters. The van der Waals surface area contributed by atoms with Gasteiger partial charge in [-0.3, -0.25) is 9.59 Å². The molecule has 0 aliphatic rings. The fraction of sp³-hybridized carbons (Fsp3) is 0.238. The van der Waals surface area contributed by atoms with Crippen molar-refractivity contribution in [3.8, 4) is 0 Å². The van der Waals surface area contributed by atoms with E-state index in [0.29, 0.717) is 11.1 Å². The monoisotopic (exact) mass is 387 g/mol. The van der Waals surface area contributed by atoms with Crippen molar-refractivity contribution in [3.63, 3.8) is 0 Å². The number of carbonyl (C=O) groups excluding carboxylic acids is 2. The minimum Gasteiger partial charge on any atom is -0.464 e. The zero-order valence-corrected chi connectivity index (χ0v) is 15.6. The summed E-state index contributed by atoms with van der Waals surface area (Å²) in [6, 6.07) is 7.01. The summed E-state index contributed by atoms with van der Waals surface area (Å²) in [4.78, 5) is 24.3. The number of fused-ring (bicyclic) bond motifs is 1. The normalized spacial score (nSPS) is 12.0. The minimum atomic E-state index is -1.23. The summed E-state index contributed by atoms with van der Waals surface area (Å²) >= 11 is 0. The van der Waals surface area contributed by atoms with Crippen LogP contribution >= 0.6 is 0 Å². The predicted octanol–water partition coefficient (Wildman–Crippen LogP) is 4.44. The topological polar surface area (TPSA) is 68.5 Å². The molecule has 0 aliphatic carbocycles. The van der Waals surface area contributed by atoms with E-state index in [0.717, 1.165) is 28.6 Å². The van der Waals surface area contributed by atoms with Crippen molar-refractivity contribution in [3.05, 3.63) is 64.9 Å². The first-order valence-electron chi connectivity index (χ1n) is 8.68. The van der Waals surface area contributed by atoms with Crippen molar-refractivity contribution < 1.29 is 27.5 Å². The van der Waals surface area contributed by atoms with Gasteiger partial charge in [0.15, 0.2) is 6.10 Å². The number of carbonyl (C=O) groups is 2. The average Bonchev–Trinajstić information content (AvgIpc) is 3.04. The van der Waals surface area contributed by atoms with Crippen LogP contribution in [0.15, 0.2) is 41.0 Å². The number of aryl methyl sites for hydroxylation is 2. The van der Waals surface area contributed by atoms with Crippen molar-refractivity contribution in [1.29, 1.82) is 0 Å². The van der Waals surface area contributed by atoms with E-state index in [1.807, 2.05) is 26.0 Å². The number of rotatable bonds is 5. The van der Waals surface area contributed by atoms with Gasteiger partial charge >= 0.3 is 5.97 Å². The molecule has 0 unspecified atom stereocenters. The number of halogens is 2. The van der Waals surface area contributed by atoms with Crippen molar-refractivity contribution >= 4 is 28.5 Å². The van der Waals surface area contributed by atoms with Gasteiger partial charge in [0.2, 0.25) is 0 Å². The average molecular weight is 387 g/mol. The largest absolute Gasteiger partial charge is 0.464 e. The van der Waals surface area contributed by atoms with Crippen LogP contribution in [0, 0.1) is 25.5 Å². The van der Waals surface area contributed by atoms with Crippen LogP contribution in [-0.4, -0.2) is 18.0 Å². The Labute approximate surface area is 160 Å². The van der Waals surface area contributed by atoms with Gasteiger partial charge in [-0.2, -0.15) is 0 Å². The van der Waals surface area contributed by atoms with Crippen LogP contribution < -0.4 is 5.32 Å². The summed E-state index contributed by atoms with van der Waals surface area (Å²) in [7, 11) is 0. The summed E-state index contributed by atoms with van der Waals surface area (Å²) in [6.07, 6.45) is 0.160. The van der Waals surface area contributed by atoms with E-state index in [1.54, 1.807) is 0 Å².